The lowest BCUT2D eigenvalue weighted by Gasteiger charge is -2.32. The minimum Gasteiger partial charge on any atom is -0.338 e. The van der Waals surface area contributed by atoms with Gasteiger partial charge in [-0.05, 0) is 49.2 Å². The van der Waals surface area contributed by atoms with Crippen LogP contribution in [0.15, 0.2) is 79.0 Å². The molecule has 5 aromatic rings. The highest BCUT2D eigenvalue weighted by atomic mass is 35.5. The highest BCUT2D eigenvalue weighted by Gasteiger charge is 2.29. The van der Waals surface area contributed by atoms with Crippen LogP contribution in [0.2, 0.25) is 5.02 Å². The number of carbonyl (C=O) groups excluding carboxylic acids is 1. The lowest BCUT2D eigenvalue weighted by atomic mass is 9.95. The van der Waals surface area contributed by atoms with Crippen molar-refractivity contribution in [2.75, 3.05) is 13.1 Å². The number of fused-ring (bicyclic) bond motifs is 2. The summed E-state index contributed by atoms with van der Waals surface area (Å²) in [4.78, 5) is 20.6. The van der Waals surface area contributed by atoms with Gasteiger partial charge in [0.15, 0.2) is 5.65 Å². The van der Waals surface area contributed by atoms with E-state index in [0.29, 0.717) is 17.1 Å². The number of amides is 1. The maximum atomic E-state index is 13.9. The van der Waals surface area contributed by atoms with E-state index in [1.54, 1.807) is 0 Å². The third kappa shape index (κ3) is 3.70. The van der Waals surface area contributed by atoms with Gasteiger partial charge in [0.25, 0.3) is 5.91 Å². The first-order valence-corrected chi connectivity index (χ1v) is 11.8. The average Bonchev–Trinajstić information content (AvgIpc) is 3.32. The zero-order valence-corrected chi connectivity index (χ0v) is 19.2. The molecule has 168 valence electrons. The summed E-state index contributed by atoms with van der Waals surface area (Å²) in [6.07, 6.45) is 3.89. The normalized spacial score (nSPS) is 16.3. The van der Waals surface area contributed by atoms with E-state index in [9.17, 15) is 4.79 Å². The lowest BCUT2D eigenvalue weighted by Crippen LogP contribution is -2.39. The number of hydrogen-bond donors (Lipinski definition) is 0. The Morgan fingerprint density at radius 2 is 1.79 bits per heavy atom. The predicted octanol–water partition coefficient (Wildman–Crippen LogP) is 5.62. The van der Waals surface area contributed by atoms with E-state index in [0.717, 1.165) is 53.0 Å². The highest BCUT2D eigenvalue weighted by Crippen LogP contribution is 2.30. The van der Waals surface area contributed by atoms with Crippen LogP contribution in [0.25, 0.3) is 27.8 Å². The molecule has 1 aliphatic rings. The first-order valence-electron chi connectivity index (χ1n) is 11.4. The predicted molar refractivity (Wildman–Crippen MR) is 133 cm³/mol. The third-order valence-corrected chi connectivity index (χ3v) is 6.75. The molecule has 2 aromatic carbocycles. The molecule has 0 saturated carbocycles. The van der Waals surface area contributed by atoms with Crippen LogP contribution >= 0.6 is 11.6 Å². The van der Waals surface area contributed by atoms with Crippen molar-refractivity contribution >= 4 is 34.1 Å². The second-order valence-corrected chi connectivity index (χ2v) is 9.09. The molecule has 0 aliphatic carbocycles. The maximum absolute atomic E-state index is 13.9. The lowest BCUT2D eigenvalue weighted by molar-refractivity contribution is 0.0706. The van der Waals surface area contributed by atoms with Gasteiger partial charge in [-0.25, -0.2) is 4.98 Å². The first kappa shape index (κ1) is 20.8. The Labute approximate surface area is 201 Å². The summed E-state index contributed by atoms with van der Waals surface area (Å²) in [5.74, 6) is 1.07. The summed E-state index contributed by atoms with van der Waals surface area (Å²) < 4.78 is 2.03. The molecule has 3 aromatic heterocycles. The number of rotatable bonds is 3. The summed E-state index contributed by atoms with van der Waals surface area (Å²) in [7, 11) is 0. The molecular formula is C27H22ClN5O. The Morgan fingerprint density at radius 3 is 2.68 bits per heavy atom. The molecule has 1 unspecified atom stereocenters. The molecule has 7 heteroatoms. The summed E-state index contributed by atoms with van der Waals surface area (Å²) in [5, 5.41) is 10.3. The van der Waals surface area contributed by atoms with Crippen LogP contribution < -0.4 is 0 Å². The van der Waals surface area contributed by atoms with Crippen molar-refractivity contribution in [1.82, 2.24) is 24.5 Å². The van der Waals surface area contributed by atoms with E-state index in [-0.39, 0.29) is 11.8 Å². The molecule has 34 heavy (non-hydrogen) atoms. The van der Waals surface area contributed by atoms with Gasteiger partial charge in [0.05, 0.1) is 16.8 Å². The third-order valence-electron chi connectivity index (χ3n) is 6.50. The number of para-hydroxylation sites is 1. The van der Waals surface area contributed by atoms with Crippen molar-refractivity contribution in [3.8, 4) is 11.3 Å². The van der Waals surface area contributed by atoms with Crippen molar-refractivity contribution in [3.63, 3.8) is 0 Å². The van der Waals surface area contributed by atoms with Crippen LogP contribution in [0.1, 0.15) is 34.9 Å². The van der Waals surface area contributed by atoms with Crippen molar-refractivity contribution in [2.45, 2.75) is 18.8 Å². The Hall–Kier alpha value is -3.77. The van der Waals surface area contributed by atoms with E-state index in [1.165, 1.54) is 0 Å². The number of likely N-dealkylation sites (tertiary alicyclic amines) is 1. The number of nitrogens with zero attached hydrogens (tertiary/aromatic N) is 5. The number of pyridine rings is 2. The zero-order valence-electron chi connectivity index (χ0n) is 18.4. The van der Waals surface area contributed by atoms with Gasteiger partial charge in [-0.3, -0.25) is 9.20 Å². The molecule has 0 spiro atoms. The Bertz CT molecular complexity index is 1510. The fraction of sp³-hybridized carbons (Fsp3) is 0.185. The maximum Gasteiger partial charge on any atom is 0.254 e. The van der Waals surface area contributed by atoms with E-state index in [2.05, 4.69) is 10.2 Å². The molecule has 0 bridgehead atoms. The Balaban J connectivity index is 1.37. The SMILES string of the molecule is O=C(c1cc(-c2ccc(Cl)cc2)nc2ccccc12)N1CCCC(c2nnc3ccccn23)C1. The van der Waals surface area contributed by atoms with Crippen LogP contribution in [-0.4, -0.2) is 43.5 Å². The topological polar surface area (TPSA) is 63.4 Å². The molecule has 0 N–H and O–H groups in total. The molecular weight excluding hydrogens is 446 g/mol. The van der Waals surface area contributed by atoms with Gasteiger partial charge < -0.3 is 4.90 Å². The molecule has 1 atom stereocenters. The zero-order chi connectivity index (χ0) is 23.1. The van der Waals surface area contributed by atoms with Gasteiger partial charge in [0, 0.05) is 41.2 Å². The fourth-order valence-electron chi connectivity index (χ4n) is 4.80. The van der Waals surface area contributed by atoms with Crippen molar-refractivity contribution in [3.05, 3.63) is 95.4 Å². The van der Waals surface area contributed by atoms with Crippen LogP contribution in [0.5, 0.6) is 0 Å². The van der Waals surface area contributed by atoms with Crippen LogP contribution in [0.4, 0.5) is 0 Å². The number of aromatic nitrogens is 4. The van der Waals surface area contributed by atoms with Crippen LogP contribution in [0, 0.1) is 0 Å². The van der Waals surface area contributed by atoms with Gasteiger partial charge in [-0.15, -0.1) is 10.2 Å². The molecule has 6 nitrogen and oxygen atoms in total. The van der Waals surface area contributed by atoms with Gasteiger partial charge in [-0.1, -0.05) is 48.0 Å². The standard InChI is InChI=1S/C27H22ClN5O/c28-20-12-10-18(11-13-20)24-16-22(21-7-1-2-8-23(21)29-24)27(34)32-14-5-6-19(17-32)26-31-30-25-9-3-4-15-33(25)26/h1-4,7-13,15-16,19H,5-6,14,17H2. The largest absolute Gasteiger partial charge is 0.338 e. The van der Waals surface area contributed by atoms with Crippen LogP contribution in [0.3, 0.4) is 0 Å². The molecule has 4 heterocycles. The number of piperidine rings is 1. The minimum atomic E-state index is 0.0207. The van der Waals surface area contributed by atoms with E-state index in [4.69, 9.17) is 16.6 Å². The molecule has 1 amide bonds. The van der Waals surface area contributed by atoms with Gasteiger partial charge in [0.2, 0.25) is 0 Å². The molecule has 6 rings (SSSR count). The van der Waals surface area contributed by atoms with Gasteiger partial charge in [0.1, 0.15) is 5.82 Å². The van der Waals surface area contributed by atoms with Gasteiger partial charge >= 0.3 is 0 Å². The van der Waals surface area contributed by atoms with E-state index >= 15 is 0 Å². The number of carbonyl (C=O) groups is 1. The second kappa shape index (κ2) is 8.54. The molecule has 1 saturated heterocycles. The Kier molecular flexibility index (Phi) is 5.23. The number of benzene rings is 2. The second-order valence-electron chi connectivity index (χ2n) is 8.66. The monoisotopic (exact) mass is 467 g/mol. The summed E-state index contributed by atoms with van der Waals surface area (Å²) in [6, 6.07) is 23.1. The number of hydrogen-bond acceptors (Lipinski definition) is 4. The smallest absolute Gasteiger partial charge is 0.254 e. The first-order chi connectivity index (χ1) is 16.7. The molecule has 1 fully saturated rings. The summed E-state index contributed by atoms with van der Waals surface area (Å²) in [5.41, 5.74) is 3.98. The fourth-order valence-corrected chi connectivity index (χ4v) is 4.93. The Morgan fingerprint density at radius 1 is 0.971 bits per heavy atom. The highest BCUT2D eigenvalue weighted by molar-refractivity contribution is 6.30. The van der Waals surface area contributed by atoms with Crippen molar-refractivity contribution < 1.29 is 4.79 Å². The number of halogens is 1. The summed E-state index contributed by atoms with van der Waals surface area (Å²) >= 11 is 6.08. The van der Waals surface area contributed by atoms with Crippen molar-refractivity contribution in [1.29, 1.82) is 0 Å². The average molecular weight is 468 g/mol. The molecule has 0 radical (unpaired) electrons. The summed E-state index contributed by atoms with van der Waals surface area (Å²) in [6.45, 7) is 1.33. The minimum absolute atomic E-state index is 0.0207. The van der Waals surface area contributed by atoms with E-state index < -0.39 is 0 Å². The quantitative estimate of drug-likeness (QED) is 0.345. The van der Waals surface area contributed by atoms with Crippen LogP contribution in [-0.2, 0) is 0 Å². The van der Waals surface area contributed by atoms with E-state index in [1.807, 2.05) is 88.3 Å². The molecule has 1 aliphatic heterocycles. The van der Waals surface area contributed by atoms with Crippen molar-refractivity contribution in [2.24, 2.45) is 0 Å². The van der Waals surface area contributed by atoms with Gasteiger partial charge in [-0.2, -0.15) is 0 Å².